The van der Waals surface area contributed by atoms with Gasteiger partial charge in [0.05, 0.1) is 6.10 Å². The zero-order chi connectivity index (χ0) is 18.8. The maximum absolute atomic E-state index is 10.4. The van der Waals surface area contributed by atoms with Gasteiger partial charge in [-0.15, -0.1) is 0 Å². The molecule has 0 amide bonds. The topological polar surface area (TPSA) is 78.3 Å². The Morgan fingerprint density at radius 1 is 1.11 bits per heavy atom. The average molecular weight is 388 g/mol. The molecule has 0 saturated heterocycles. The van der Waals surface area contributed by atoms with Crippen LogP contribution in [-0.2, 0) is 13.0 Å². The highest BCUT2D eigenvalue weighted by Gasteiger charge is 2.42. The Hall–Kier alpha value is -1.53. The number of hydrogen-bond acceptors (Lipinski definition) is 5. The summed E-state index contributed by atoms with van der Waals surface area (Å²) >= 11 is 5.96. The first-order valence-corrected chi connectivity index (χ1v) is 10.1. The highest BCUT2D eigenvalue weighted by molar-refractivity contribution is 6.30. The van der Waals surface area contributed by atoms with Crippen molar-refractivity contribution in [3.63, 3.8) is 0 Å². The zero-order valence-electron chi connectivity index (χ0n) is 15.3. The summed E-state index contributed by atoms with van der Waals surface area (Å²) in [5.74, 6) is 1.47. The van der Waals surface area contributed by atoms with Gasteiger partial charge in [-0.3, -0.25) is 0 Å². The van der Waals surface area contributed by atoms with Crippen LogP contribution in [0.2, 0.25) is 5.02 Å². The second-order valence-electron chi connectivity index (χ2n) is 7.81. The summed E-state index contributed by atoms with van der Waals surface area (Å²) in [6, 6.07) is 9.87. The minimum Gasteiger partial charge on any atom is -0.396 e. The van der Waals surface area contributed by atoms with E-state index in [0.717, 1.165) is 28.5 Å². The Bertz CT molecular complexity index is 766. The predicted octanol–water partition coefficient (Wildman–Crippen LogP) is 2.70. The standard InChI is InChI=1S/C21H26ClN3O2/c22-15-5-1-13(2-6-15)11-24-19-10-20(27)18(12-26)17(19)9-16-7-8-23-21(25-16)14-3-4-14/h1-2,5-8,14,17-20,24,26-27H,3-4,9-12H2. The number of aliphatic hydroxyl groups excluding tert-OH is 2. The molecular weight excluding hydrogens is 362 g/mol. The van der Waals surface area contributed by atoms with Crippen molar-refractivity contribution in [2.75, 3.05) is 6.61 Å². The number of nitrogens with one attached hydrogen (secondary N) is 1. The largest absolute Gasteiger partial charge is 0.396 e. The average Bonchev–Trinajstić information content (AvgIpc) is 3.47. The molecule has 144 valence electrons. The Labute approximate surface area is 164 Å². The van der Waals surface area contributed by atoms with E-state index in [4.69, 9.17) is 16.6 Å². The molecule has 2 aliphatic carbocycles. The van der Waals surface area contributed by atoms with Gasteiger partial charge in [0.25, 0.3) is 0 Å². The van der Waals surface area contributed by atoms with Crippen LogP contribution in [0.5, 0.6) is 0 Å². The van der Waals surface area contributed by atoms with Crippen molar-refractivity contribution >= 4 is 11.6 Å². The van der Waals surface area contributed by atoms with Crippen LogP contribution in [0.3, 0.4) is 0 Å². The number of nitrogens with zero attached hydrogens (tertiary/aromatic N) is 2. The van der Waals surface area contributed by atoms with Gasteiger partial charge in [-0.1, -0.05) is 23.7 Å². The van der Waals surface area contributed by atoms with Gasteiger partial charge in [0.2, 0.25) is 0 Å². The van der Waals surface area contributed by atoms with Gasteiger partial charge in [0.1, 0.15) is 5.82 Å². The van der Waals surface area contributed by atoms with Crippen molar-refractivity contribution in [3.05, 3.63) is 58.6 Å². The smallest absolute Gasteiger partial charge is 0.131 e. The third kappa shape index (κ3) is 4.49. The molecule has 0 aliphatic heterocycles. The molecule has 0 bridgehead atoms. The normalized spacial score (nSPS) is 27.8. The number of aromatic nitrogens is 2. The van der Waals surface area contributed by atoms with Gasteiger partial charge in [0.15, 0.2) is 0 Å². The summed E-state index contributed by atoms with van der Waals surface area (Å²) in [5, 5.41) is 24.6. The summed E-state index contributed by atoms with van der Waals surface area (Å²) in [7, 11) is 0. The van der Waals surface area contributed by atoms with E-state index in [2.05, 4.69) is 10.3 Å². The van der Waals surface area contributed by atoms with Crippen molar-refractivity contribution in [1.82, 2.24) is 15.3 Å². The third-order valence-corrected chi connectivity index (χ3v) is 6.12. The van der Waals surface area contributed by atoms with Crippen LogP contribution in [0.4, 0.5) is 0 Å². The van der Waals surface area contributed by atoms with Crippen LogP contribution >= 0.6 is 11.6 Å². The zero-order valence-corrected chi connectivity index (χ0v) is 16.0. The fraction of sp³-hybridized carbons (Fsp3) is 0.524. The summed E-state index contributed by atoms with van der Waals surface area (Å²) in [6.45, 7) is 0.700. The van der Waals surface area contributed by atoms with E-state index in [-0.39, 0.29) is 24.5 Å². The van der Waals surface area contributed by atoms with Gasteiger partial charge >= 0.3 is 0 Å². The Balaban J connectivity index is 1.46. The number of rotatable bonds is 7. The SMILES string of the molecule is OCC1C(O)CC(NCc2ccc(Cl)cc2)C1Cc1ccnc(C2CC2)n1. The van der Waals surface area contributed by atoms with E-state index in [1.54, 1.807) is 0 Å². The molecule has 4 rings (SSSR count). The van der Waals surface area contributed by atoms with Crippen molar-refractivity contribution in [2.24, 2.45) is 11.8 Å². The van der Waals surface area contributed by atoms with Crippen LogP contribution in [0, 0.1) is 11.8 Å². The van der Waals surface area contributed by atoms with Gasteiger partial charge in [-0.2, -0.15) is 0 Å². The lowest BCUT2D eigenvalue weighted by Gasteiger charge is -2.25. The molecule has 2 fully saturated rings. The molecule has 0 spiro atoms. The minimum atomic E-state index is -0.493. The lowest BCUT2D eigenvalue weighted by atomic mass is 9.88. The van der Waals surface area contributed by atoms with Crippen molar-refractivity contribution in [1.29, 1.82) is 0 Å². The Morgan fingerprint density at radius 3 is 2.59 bits per heavy atom. The first-order chi connectivity index (χ1) is 13.1. The highest BCUT2D eigenvalue weighted by atomic mass is 35.5. The van der Waals surface area contributed by atoms with Crippen LogP contribution in [-0.4, -0.2) is 38.9 Å². The van der Waals surface area contributed by atoms with Crippen molar-refractivity contribution < 1.29 is 10.2 Å². The van der Waals surface area contributed by atoms with E-state index in [1.807, 2.05) is 36.5 Å². The second-order valence-corrected chi connectivity index (χ2v) is 8.25. The number of aliphatic hydroxyl groups is 2. The summed E-state index contributed by atoms with van der Waals surface area (Å²) in [6.07, 6.45) is 5.08. The molecule has 1 aromatic heterocycles. The highest BCUT2D eigenvalue weighted by Crippen LogP contribution is 2.38. The predicted molar refractivity (Wildman–Crippen MR) is 104 cm³/mol. The monoisotopic (exact) mass is 387 g/mol. The molecule has 0 radical (unpaired) electrons. The molecule has 2 aliphatic rings. The van der Waals surface area contributed by atoms with Crippen LogP contribution in [0.1, 0.15) is 42.3 Å². The maximum Gasteiger partial charge on any atom is 0.131 e. The second kappa shape index (κ2) is 8.23. The van der Waals surface area contributed by atoms with E-state index in [0.29, 0.717) is 18.9 Å². The molecule has 1 aromatic carbocycles. The molecule has 3 N–H and O–H groups in total. The quantitative estimate of drug-likeness (QED) is 0.680. The molecule has 4 atom stereocenters. The van der Waals surface area contributed by atoms with E-state index in [1.165, 1.54) is 12.8 Å². The lowest BCUT2D eigenvalue weighted by molar-refractivity contribution is 0.0716. The van der Waals surface area contributed by atoms with Crippen molar-refractivity contribution in [2.45, 2.75) is 50.3 Å². The minimum absolute atomic E-state index is 0.00841. The van der Waals surface area contributed by atoms with Gasteiger partial charge in [-0.25, -0.2) is 9.97 Å². The summed E-state index contributed by atoms with van der Waals surface area (Å²) in [5.41, 5.74) is 2.15. The number of benzene rings is 1. The molecule has 2 aromatic rings. The van der Waals surface area contributed by atoms with E-state index >= 15 is 0 Å². The first-order valence-electron chi connectivity index (χ1n) is 9.72. The third-order valence-electron chi connectivity index (χ3n) is 5.87. The first kappa shape index (κ1) is 18.8. The van der Waals surface area contributed by atoms with Crippen molar-refractivity contribution in [3.8, 4) is 0 Å². The number of halogens is 1. The van der Waals surface area contributed by atoms with E-state index in [9.17, 15) is 10.2 Å². The van der Waals surface area contributed by atoms with Crippen LogP contribution in [0.25, 0.3) is 0 Å². The molecule has 2 saturated carbocycles. The lowest BCUT2D eigenvalue weighted by Crippen LogP contribution is -2.36. The Kier molecular flexibility index (Phi) is 5.74. The maximum atomic E-state index is 10.4. The van der Waals surface area contributed by atoms with Crippen LogP contribution in [0.15, 0.2) is 36.5 Å². The molecule has 5 nitrogen and oxygen atoms in total. The molecule has 27 heavy (non-hydrogen) atoms. The van der Waals surface area contributed by atoms with Gasteiger partial charge in [0, 0.05) is 47.9 Å². The summed E-state index contributed by atoms with van der Waals surface area (Å²) < 4.78 is 0. The Morgan fingerprint density at radius 2 is 1.89 bits per heavy atom. The van der Waals surface area contributed by atoms with Gasteiger partial charge in [-0.05, 0) is 55.4 Å². The molecule has 4 unspecified atom stereocenters. The van der Waals surface area contributed by atoms with Crippen LogP contribution < -0.4 is 5.32 Å². The number of hydrogen-bond donors (Lipinski definition) is 3. The fourth-order valence-electron chi connectivity index (χ4n) is 4.14. The summed E-state index contributed by atoms with van der Waals surface area (Å²) in [4.78, 5) is 9.13. The van der Waals surface area contributed by atoms with Gasteiger partial charge < -0.3 is 15.5 Å². The molecule has 6 heteroatoms. The fourth-order valence-corrected chi connectivity index (χ4v) is 4.26. The van der Waals surface area contributed by atoms with E-state index < -0.39 is 6.10 Å². The molecular formula is C21H26ClN3O2. The molecule has 1 heterocycles.